The molecule has 0 saturated carbocycles. The van der Waals surface area contributed by atoms with Crippen molar-refractivity contribution in [2.75, 3.05) is 5.32 Å². The van der Waals surface area contributed by atoms with Crippen LogP contribution in [0.5, 0.6) is 5.75 Å². The zero-order valence-corrected chi connectivity index (χ0v) is 33.3. The third-order valence-electron chi connectivity index (χ3n) is 8.97. The van der Waals surface area contributed by atoms with Crippen molar-refractivity contribution in [3.05, 3.63) is 164 Å². The Kier molecular flexibility index (Phi) is 12.4. The van der Waals surface area contributed by atoms with Crippen LogP contribution in [0.1, 0.15) is 53.2 Å². The van der Waals surface area contributed by atoms with Gasteiger partial charge in [-0.05, 0) is 65.4 Å². The van der Waals surface area contributed by atoms with E-state index < -0.39 is 35.8 Å². The topological polar surface area (TPSA) is 209 Å². The van der Waals surface area contributed by atoms with Gasteiger partial charge in [-0.2, -0.15) is 0 Å². The van der Waals surface area contributed by atoms with Crippen LogP contribution in [0.25, 0.3) is 33.3 Å². The van der Waals surface area contributed by atoms with E-state index in [1.54, 1.807) is 60.0 Å². The van der Waals surface area contributed by atoms with Gasteiger partial charge >= 0.3 is 24.0 Å². The maximum atomic E-state index is 12.4. The Hall–Kier alpha value is -7.20. The summed E-state index contributed by atoms with van der Waals surface area (Å²) in [6, 6.07) is 34.0. The van der Waals surface area contributed by atoms with Gasteiger partial charge in [0.1, 0.15) is 34.1 Å². The summed E-state index contributed by atoms with van der Waals surface area (Å²) in [4.78, 5) is 60.1. The molecule has 0 spiro atoms. The van der Waals surface area contributed by atoms with E-state index in [0.29, 0.717) is 33.1 Å². The molecule has 0 radical (unpaired) electrons. The number of thiophene rings is 2. The Morgan fingerprint density at radius 1 is 0.767 bits per heavy atom. The summed E-state index contributed by atoms with van der Waals surface area (Å²) in [5.74, 6) is -4.09. The van der Waals surface area contributed by atoms with Crippen molar-refractivity contribution in [2.24, 2.45) is 5.73 Å². The molecule has 1 atom stereocenters. The first-order chi connectivity index (χ1) is 28.9. The number of carboxylic acid groups (broad SMARTS) is 2. The van der Waals surface area contributed by atoms with Crippen LogP contribution < -0.4 is 15.8 Å². The number of furan rings is 2. The van der Waals surface area contributed by atoms with Crippen molar-refractivity contribution in [2.45, 2.75) is 18.9 Å². The lowest BCUT2D eigenvalue weighted by molar-refractivity contribution is -0.119. The average Bonchev–Trinajstić information content (AvgIpc) is 4.06. The van der Waals surface area contributed by atoms with Crippen LogP contribution in [0.2, 0.25) is 5.02 Å². The van der Waals surface area contributed by atoms with Crippen LogP contribution in [-0.4, -0.2) is 40.1 Å². The molecule has 0 aliphatic carbocycles. The number of hydrogen-bond acceptors (Lipinski definition) is 11. The van der Waals surface area contributed by atoms with Crippen LogP contribution in [0, 0.1) is 0 Å². The molecule has 0 bridgehead atoms. The van der Waals surface area contributed by atoms with Gasteiger partial charge in [-0.3, -0.25) is 10.1 Å². The minimum atomic E-state index is -1.37. The highest BCUT2D eigenvalue weighted by molar-refractivity contribution is 7.15. The highest BCUT2D eigenvalue weighted by Gasteiger charge is 2.27. The number of ether oxygens (including phenoxy) is 2. The molecular formula is C44H31ClN2O11S2. The number of carboxylic acids is 2. The van der Waals surface area contributed by atoms with Crippen LogP contribution >= 0.6 is 34.3 Å². The van der Waals surface area contributed by atoms with Gasteiger partial charge in [-0.1, -0.05) is 84.4 Å². The first-order valence-electron chi connectivity index (χ1n) is 17.8. The van der Waals surface area contributed by atoms with Crippen molar-refractivity contribution in [3.8, 4) is 17.1 Å². The number of esters is 1. The van der Waals surface area contributed by atoms with E-state index in [9.17, 15) is 34.2 Å². The molecule has 0 aliphatic heterocycles. The number of carbonyl (C=O) groups is 5. The Morgan fingerprint density at radius 2 is 1.50 bits per heavy atom. The molecule has 16 heteroatoms. The normalized spacial score (nSPS) is 11.3. The maximum Gasteiger partial charge on any atom is 0.412 e. The van der Waals surface area contributed by atoms with Gasteiger partial charge in [-0.25, -0.2) is 19.2 Å². The summed E-state index contributed by atoms with van der Waals surface area (Å²) in [6.07, 6.45) is -0.505. The summed E-state index contributed by atoms with van der Waals surface area (Å²) in [5.41, 5.74) is 9.13. The van der Waals surface area contributed by atoms with Crippen LogP contribution in [0.3, 0.4) is 0 Å². The van der Waals surface area contributed by atoms with E-state index in [2.05, 4.69) is 5.32 Å². The number of para-hydroxylation sites is 1. The number of aromatic carboxylic acids is 2. The molecule has 4 aromatic heterocycles. The van der Waals surface area contributed by atoms with E-state index in [0.717, 1.165) is 39.0 Å². The second-order valence-electron chi connectivity index (χ2n) is 13.0. The number of carbonyl (C=O) groups excluding carboxylic acids is 3. The van der Waals surface area contributed by atoms with Crippen LogP contribution in [-0.2, 0) is 22.6 Å². The molecule has 4 heterocycles. The standard InChI is InChI=1S/C22H16ClNO4S.C22H15NO7S/c23-15-5-6-18-14(10-15)11-19(28-18)13-3-1-12(2-4-13)9-17(21(24)25)20-16(22(26)27)7-8-29-20;24-20(25)18-17(30-21(26)16-10-14-8-4-5-9-15(14)29-16)12-31-19(18)23-22(27)28-11-13-6-2-1-3-7-13/h1-8,10-11,17H,9H2,(H2,24,25)(H,26,27);1-10,12H,11H2,(H,23,27)(H,24,25). The lowest BCUT2D eigenvalue weighted by Gasteiger charge is -2.13. The quantitative estimate of drug-likeness (QED) is 0.0849. The third-order valence-corrected chi connectivity index (χ3v) is 11.1. The first-order valence-corrected chi connectivity index (χ1v) is 20.0. The Bertz CT molecular complexity index is 2830. The monoisotopic (exact) mass is 862 g/mol. The number of hydrogen-bond donors (Lipinski definition) is 4. The third kappa shape index (κ3) is 9.56. The van der Waals surface area contributed by atoms with Gasteiger partial charge in [0.25, 0.3) is 0 Å². The lowest BCUT2D eigenvalue weighted by atomic mass is 9.94. The van der Waals surface area contributed by atoms with E-state index in [1.165, 1.54) is 28.8 Å². The summed E-state index contributed by atoms with van der Waals surface area (Å²) in [5, 5.41) is 26.5. The Labute approximate surface area is 353 Å². The molecule has 4 aromatic carbocycles. The molecule has 13 nitrogen and oxygen atoms in total. The predicted octanol–water partition coefficient (Wildman–Crippen LogP) is 10.5. The van der Waals surface area contributed by atoms with Crippen LogP contribution in [0.4, 0.5) is 9.80 Å². The zero-order valence-electron chi connectivity index (χ0n) is 31.0. The number of primary amides is 1. The SMILES string of the molecule is NC(=O)C(Cc1ccc(-c2cc3cc(Cl)ccc3o2)cc1)c1sccc1C(=O)O.O=C(Nc1scc(OC(=O)c2cc3ccccc3o2)c1C(=O)O)OCc1ccccc1. The molecule has 60 heavy (non-hydrogen) atoms. The van der Waals surface area contributed by atoms with E-state index in [4.69, 9.17) is 35.6 Å². The zero-order chi connectivity index (χ0) is 42.3. The van der Waals surface area contributed by atoms with Crippen molar-refractivity contribution >= 4 is 91.1 Å². The van der Waals surface area contributed by atoms with Gasteiger partial charge in [0.15, 0.2) is 5.75 Å². The van der Waals surface area contributed by atoms with Gasteiger partial charge < -0.3 is 34.3 Å². The van der Waals surface area contributed by atoms with Gasteiger partial charge in [-0.15, -0.1) is 22.7 Å². The summed E-state index contributed by atoms with van der Waals surface area (Å²) >= 11 is 8.15. The molecular weight excluding hydrogens is 832 g/mol. The van der Waals surface area contributed by atoms with Crippen molar-refractivity contribution in [1.82, 2.24) is 0 Å². The number of nitrogens with two attached hydrogens (primary N) is 1. The molecule has 8 rings (SSSR count). The molecule has 5 N–H and O–H groups in total. The summed E-state index contributed by atoms with van der Waals surface area (Å²) < 4.78 is 21.6. The second kappa shape index (κ2) is 18.2. The van der Waals surface area contributed by atoms with E-state index in [-0.39, 0.29) is 34.2 Å². The number of benzene rings is 4. The highest BCUT2D eigenvalue weighted by Crippen LogP contribution is 2.36. The minimum absolute atomic E-state index is 0.0158. The molecule has 8 aromatic rings. The largest absolute Gasteiger partial charge is 0.478 e. The highest BCUT2D eigenvalue weighted by atomic mass is 35.5. The fraction of sp³-hybridized carbons (Fsp3) is 0.0682. The van der Waals surface area contributed by atoms with E-state index >= 15 is 0 Å². The van der Waals surface area contributed by atoms with Gasteiger partial charge in [0.05, 0.1) is 11.5 Å². The number of anilines is 1. The van der Waals surface area contributed by atoms with E-state index in [1.807, 2.05) is 48.5 Å². The second-order valence-corrected chi connectivity index (χ2v) is 15.3. The van der Waals surface area contributed by atoms with Crippen molar-refractivity contribution in [1.29, 1.82) is 0 Å². The first kappa shape index (κ1) is 41.0. The van der Waals surface area contributed by atoms with Crippen molar-refractivity contribution < 1.29 is 52.5 Å². The number of nitrogens with one attached hydrogen (secondary N) is 1. The smallest absolute Gasteiger partial charge is 0.412 e. The summed E-state index contributed by atoms with van der Waals surface area (Å²) in [6.45, 7) is 0.0222. The molecule has 0 saturated heterocycles. The molecule has 0 aliphatic rings. The number of fused-ring (bicyclic) bond motifs is 2. The minimum Gasteiger partial charge on any atom is -0.478 e. The molecule has 302 valence electrons. The molecule has 2 amide bonds. The lowest BCUT2D eigenvalue weighted by Crippen LogP contribution is -2.24. The fourth-order valence-electron chi connectivity index (χ4n) is 6.08. The van der Waals surface area contributed by atoms with Gasteiger partial charge in [0, 0.05) is 31.6 Å². The summed E-state index contributed by atoms with van der Waals surface area (Å²) in [7, 11) is 0. The van der Waals surface area contributed by atoms with Crippen molar-refractivity contribution in [3.63, 3.8) is 0 Å². The Balaban J connectivity index is 0.000000182. The number of rotatable bonds is 12. The molecule has 1 unspecified atom stereocenters. The molecule has 0 fully saturated rings. The van der Waals surface area contributed by atoms with Crippen LogP contribution in [0.15, 0.2) is 135 Å². The Morgan fingerprint density at radius 3 is 2.22 bits per heavy atom. The number of halogens is 1. The maximum absolute atomic E-state index is 12.4. The number of amides is 2. The predicted molar refractivity (Wildman–Crippen MR) is 226 cm³/mol. The average molecular weight is 863 g/mol. The fourth-order valence-corrected chi connectivity index (χ4v) is 8.10. The van der Waals surface area contributed by atoms with Gasteiger partial charge in [0.2, 0.25) is 11.7 Å².